The summed E-state index contributed by atoms with van der Waals surface area (Å²) >= 11 is 0. The predicted octanol–water partition coefficient (Wildman–Crippen LogP) is 2.60. The Morgan fingerprint density at radius 1 is 0.833 bits per heavy atom. The van der Waals surface area contributed by atoms with Crippen molar-refractivity contribution in [1.29, 1.82) is 0 Å². The van der Waals surface area contributed by atoms with Gasteiger partial charge in [-0.1, -0.05) is 20.8 Å². The second-order valence-electron chi connectivity index (χ2n) is 6.42. The molecule has 0 atom stereocenters. The molecule has 106 valence electrons. The molecular formula is C14H26O4. The summed E-state index contributed by atoms with van der Waals surface area (Å²) < 4.78 is 10.3. The van der Waals surface area contributed by atoms with Gasteiger partial charge in [0.2, 0.25) is 0 Å². The lowest BCUT2D eigenvalue weighted by Gasteiger charge is -2.17. The van der Waals surface area contributed by atoms with E-state index in [0.717, 1.165) is 0 Å². The lowest BCUT2D eigenvalue weighted by atomic mass is 9.89. The minimum atomic E-state index is -0.484. The zero-order chi connectivity index (χ0) is 14.4. The first-order chi connectivity index (χ1) is 8.05. The average molecular weight is 258 g/mol. The van der Waals surface area contributed by atoms with E-state index in [4.69, 9.17) is 9.47 Å². The molecule has 4 nitrogen and oxygen atoms in total. The van der Waals surface area contributed by atoms with E-state index in [-0.39, 0.29) is 23.8 Å². The number of rotatable bonds is 6. The third-order valence-corrected chi connectivity index (χ3v) is 2.38. The molecule has 0 saturated carbocycles. The maximum absolute atomic E-state index is 11.6. The molecule has 0 spiro atoms. The summed E-state index contributed by atoms with van der Waals surface area (Å²) in [6.45, 7) is 12.0. The summed E-state index contributed by atoms with van der Waals surface area (Å²) in [6, 6.07) is 0. The average Bonchev–Trinajstić information content (AvgIpc) is 2.19. The molecule has 18 heavy (non-hydrogen) atoms. The van der Waals surface area contributed by atoms with Crippen LogP contribution in [0.4, 0.5) is 0 Å². The van der Waals surface area contributed by atoms with E-state index in [2.05, 4.69) is 0 Å². The molecule has 0 unspecified atom stereocenters. The van der Waals surface area contributed by atoms with Crippen LogP contribution >= 0.6 is 0 Å². The summed E-state index contributed by atoms with van der Waals surface area (Å²) in [4.78, 5) is 23.0. The van der Waals surface area contributed by atoms with Gasteiger partial charge in [-0.15, -0.1) is 0 Å². The first kappa shape index (κ1) is 17.1. The van der Waals surface area contributed by atoms with Crippen molar-refractivity contribution in [2.75, 3.05) is 19.8 Å². The largest absolute Gasteiger partial charge is 0.463 e. The third-order valence-electron chi connectivity index (χ3n) is 2.38. The SMILES string of the molecule is CC(C)(C)C(=O)CCOCCOC(=O)C(C)(C)C. The number of hydrogen-bond acceptors (Lipinski definition) is 4. The zero-order valence-corrected chi connectivity index (χ0v) is 12.5. The number of hydrogen-bond donors (Lipinski definition) is 0. The minimum Gasteiger partial charge on any atom is -0.463 e. The molecule has 0 aliphatic heterocycles. The summed E-state index contributed by atoms with van der Waals surface area (Å²) in [5, 5.41) is 0. The molecule has 0 fully saturated rings. The third kappa shape index (κ3) is 7.43. The Hall–Kier alpha value is -0.900. The number of ketones is 1. The Bertz CT molecular complexity index is 251. The summed E-state index contributed by atoms with van der Waals surface area (Å²) in [6.07, 6.45) is 0.400. The second kappa shape index (κ2) is 6.88. The van der Waals surface area contributed by atoms with Crippen molar-refractivity contribution in [1.82, 2.24) is 0 Å². The molecule has 0 amide bonds. The molecular weight excluding hydrogens is 232 g/mol. The van der Waals surface area contributed by atoms with Crippen LogP contribution in [0.2, 0.25) is 0 Å². The number of carbonyl (C=O) groups is 2. The monoisotopic (exact) mass is 258 g/mol. The summed E-state index contributed by atoms with van der Waals surface area (Å²) in [5.74, 6) is -0.0638. The number of esters is 1. The van der Waals surface area contributed by atoms with Gasteiger partial charge in [-0.3, -0.25) is 9.59 Å². The molecule has 0 bridgehead atoms. The van der Waals surface area contributed by atoms with E-state index in [0.29, 0.717) is 19.6 Å². The van der Waals surface area contributed by atoms with E-state index < -0.39 is 5.41 Å². The van der Waals surface area contributed by atoms with Crippen molar-refractivity contribution in [2.24, 2.45) is 10.8 Å². The van der Waals surface area contributed by atoms with Gasteiger partial charge >= 0.3 is 5.97 Å². The fraction of sp³-hybridized carbons (Fsp3) is 0.857. The number of ether oxygens (including phenoxy) is 2. The van der Waals surface area contributed by atoms with E-state index in [1.54, 1.807) is 20.8 Å². The second-order valence-corrected chi connectivity index (χ2v) is 6.42. The highest BCUT2D eigenvalue weighted by Crippen LogP contribution is 2.16. The van der Waals surface area contributed by atoms with Crippen LogP contribution in [0.25, 0.3) is 0 Å². The smallest absolute Gasteiger partial charge is 0.311 e. The van der Waals surface area contributed by atoms with Crippen LogP contribution < -0.4 is 0 Å². The van der Waals surface area contributed by atoms with Gasteiger partial charge in [0.1, 0.15) is 12.4 Å². The van der Waals surface area contributed by atoms with Gasteiger partial charge < -0.3 is 9.47 Å². The zero-order valence-electron chi connectivity index (χ0n) is 12.5. The molecule has 0 aromatic heterocycles. The Kier molecular flexibility index (Phi) is 6.54. The lowest BCUT2D eigenvalue weighted by molar-refractivity contribution is -0.154. The van der Waals surface area contributed by atoms with Gasteiger partial charge in [0.25, 0.3) is 0 Å². The molecule has 0 aliphatic carbocycles. The van der Waals surface area contributed by atoms with Crippen LogP contribution in [-0.2, 0) is 19.1 Å². The molecule has 0 aliphatic rings. The van der Waals surface area contributed by atoms with E-state index in [9.17, 15) is 9.59 Å². The first-order valence-corrected chi connectivity index (χ1v) is 6.33. The minimum absolute atomic E-state index is 0.175. The molecule has 0 aromatic carbocycles. The van der Waals surface area contributed by atoms with Crippen LogP contribution in [0.15, 0.2) is 0 Å². The maximum Gasteiger partial charge on any atom is 0.311 e. The molecule has 4 heteroatoms. The fourth-order valence-electron chi connectivity index (χ4n) is 1.05. The van der Waals surface area contributed by atoms with Gasteiger partial charge in [-0.2, -0.15) is 0 Å². The van der Waals surface area contributed by atoms with Crippen molar-refractivity contribution in [3.8, 4) is 0 Å². The van der Waals surface area contributed by atoms with Crippen LogP contribution in [0.3, 0.4) is 0 Å². The summed E-state index contributed by atoms with van der Waals surface area (Å²) in [7, 11) is 0. The Balaban J connectivity index is 3.60. The fourth-order valence-corrected chi connectivity index (χ4v) is 1.05. The predicted molar refractivity (Wildman–Crippen MR) is 70.3 cm³/mol. The Labute approximate surface area is 110 Å². The van der Waals surface area contributed by atoms with Crippen molar-refractivity contribution in [3.63, 3.8) is 0 Å². The van der Waals surface area contributed by atoms with Gasteiger partial charge in [0.15, 0.2) is 0 Å². The van der Waals surface area contributed by atoms with E-state index in [1.165, 1.54) is 0 Å². The van der Waals surface area contributed by atoms with Gasteiger partial charge in [0, 0.05) is 11.8 Å². The van der Waals surface area contributed by atoms with Crippen molar-refractivity contribution in [2.45, 2.75) is 48.0 Å². The van der Waals surface area contributed by atoms with E-state index in [1.807, 2.05) is 20.8 Å². The van der Waals surface area contributed by atoms with Gasteiger partial charge in [-0.25, -0.2) is 0 Å². The van der Waals surface area contributed by atoms with Crippen molar-refractivity contribution < 1.29 is 19.1 Å². The lowest BCUT2D eigenvalue weighted by Crippen LogP contribution is -2.25. The molecule has 0 aromatic rings. The first-order valence-electron chi connectivity index (χ1n) is 6.33. The highest BCUT2D eigenvalue weighted by atomic mass is 16.6. The van der Waals surface area contributed by atoms with Crippen LogP contribution in [0, 0.1) is 10.8 Å². The Morgan fingerprint density at radius 2 is 1.39 bits per heavy atom. The highest BCUT2D eigenvalue weighted by Gasteiger charge is 2.23. The van der Waals surface area contributed by atoms with Gasteiger partial charge in [0.05, 0.1) is 18.6 Å². The van der Waals surface area contributed by atoms with Crippen LogP contribution in [0.5, 0.6) is 0 Å². The van der Waals surface area contributed by atoms with Crippen molar-refractivity contribution >= 4 is 11.8 Å². The summed E-state index contributed by atoms with van der Waals surface area (Å²) in [5.41, 5.74) is -0.801. The maximum atomic E-state index is 11.6. The van der Waals surface area contributed by atoms with Crippen molar-refractivity contribution in [3.05, 3.63) is 0 Å². The Morgan fingerprint density at radius 3 is 1.83 bits per heavy atom. The molecule has 0 heterocycles. The number of carbonyl (C=O) groups excluding carboxylic acids is 2. The molecule has 0 rings (SSSR count). The highest BCUT2D eigenvalue weighted by molar-refractivity contribution is 5.83. The molecule has 0 N–H and O–H groups in total. The number of Topliss-reactive ketones (excluding diaryl/α,β-unsaturated/α-hetero) is 1. The molecule has 0 saturated heterocycles. The standard InChI is InChI=1S/C14H26O4/c1-13(2,3)11(15)7-8-17-9-10-18-12(16)14(4,5)6/h7-10H2,1-6H3. The van der Waals surface area contributed by atoms with E-state index >= 15 is 0 Å². The van der Waals surface area contributed by atoms with Crippen LogP contribution in [0.1, 0.15) is 48.0 Å². The topological polar surface area (TPSA) is 52.6 Å². The van der Waals surface area contributed by atoms with Crippen LogP contribution in [-0.4, -0.2) is 31.6 Å². The normalized spacial score (nSPS) is 12.3. The van der Waals surface area contributed by atoms with Gasteiger partial charge in [-0.05, 0) is 20.8 Å². The quantitative estimate of drug-likeness (QED) is 0.543. The molecule has 0 radical (unpaired) electrons.